The lowest BCUT2D eigenvalue weighted by atomic mass is 10.2. The molecule has 2 aliphatic heterocycles. The molecular weight excluding hydrogens is 338 g/mol. The van der Waals surface area contributed by atoms with E-state index in [0.29, 0.717) is 24.3 Å². The average Bonchev–Trinajstić information content (AvgIpc) is 3.20. The van der Waals surface area contributed by atoms with Crippen molar-refractivity contribution >= 4 is 29.2 Å². The van der Waals surface area contributed by atoms with Crippen LogP contribution in [0.1, 0.15) is 12.8 Å². The first-order valence-electron chi connectivity index (χ1n) is 8.44. The molecule has 1 saturated heterocycles. The van der Waals surface area contributed by atoms with Crippen molar-refractivity contribution in [3.8, 4) is 0 Å². The largest absolute Gasteiger partial charge is 0.466 e. The van der Waals surface area contributed by atoms with Crippen LogP contribution in [0, 0.1) is 0 Å². The molecule has 0 unspecified atom stereocenters. The van der Waals surface area contributed by atoms with Crippen molar-refractivity contribution in [3.05, 3.63) is 35.5 Å². The topological polar surface area (TPSA) is 99.2 Å². The summed E-state index contributed by atoms with van der Waals surface area (Å²) in [6.45, 7) is 0.604. The number of amides is 2. The molecule has 1 aromatic carbocycles. The summed E-state index contributed by atoms with van der Waals surface area (Å²) in [5.74, 6) is -0.959. The number of nitrogens with one attached hydrogen (secondary N) is 1. The summed E-state index contributed by atoms with van der Waals surface area (Å²) in [7, 11) is 1.25. The second kappa shape index (κ2) is 7.57. The van der Waals surface area contributed by atoms with Crippen LogP contribution in [0.5, 0.6) is 0 Å². The first kappa shape index (κ1) is 17.9. The van der Waals surface area contributed by atoms with Crippen LogP contribution in [0.25, 0.3) is 0 Å². The zero-order valence-corrected chi connectivity index (χ0v) is 14.5. The highest BCUT2D eigenvalue weighted by molar-refractivity contribution is 6.09. The van der Waals surface area contributed by atoms with Crippen molar-refractivity contribution in [3.63, 3.8) is 0 Å². The number of anilines is 2. The summed E-state index contributed by atoms with van der Waals surface area (Å²) in [6, 6.07) is 7.16. The van der Waals surface area contributed by atoms with Crippen molar-refractivity contribution in [1.29, 1.82) is 0 Å². The molecule has 8 nitrogen and oxygen atoms in total. The Balaban J connectivity index is 1.94. The van der Waals surface area contributed by atoms with Crippen molar-refractivity contribution < 1.29 is 24.2 Å². The summed E-state index contributed by atoms with van der Waals surface area (Å²) in [4.78, 5) is 39.9. The van der Waals surface area contributed by atoms with Crippen LogP contribution < -0.4 is 10.2 Å². The van der Waals surface area contributed by atoms with Crippen LogP contribution in [0.3, 0.4) is 0 Å². The minimum atomic E-state index is -0.601. The lowest BCUT2D eigenvalue weighted by Crippen LogP contribution is -2.31. The van der Waals surface area contributed by atoms with Gasteiger partial charge < -0.3 is 25.0 Å². The zero-order chi connectivity index (χ0) is 18.7. The smallest absolute Gasteiger partial charge is 0.337 e. The molecule has 2 N–H and O–H groups in total. The number of ether oxygens (including phenoxy) is 1. The molecule has 138 valence electrons. The zero-order valence-electron chi connectivity index (χ0n) is 14.5. The summed E-state index contributed by atoms with van der Waals surface area (Å²) >= 11 is 0. The molecular formula is C18H21N3O5. The standard InChI is InChI=1S/C18H21N3O5/c1-26-18(25)12-11-20(9-10-22)17(24)16(12)19-13-5-2-3-6-14(13)21-8-4-7-15(21)23/h2-3,5-6,19,22H,4,7-11H2,1H3. The predicted octanol–water partition coefficient (Wildman–Crippen LogP) is 0.487. The van der Waals surface area contributed by atoms with Gasteiger partial charge >= 0.3 is 5.97 Å². The minimum absolute atomic E-state index is 0.0288. The molecule has 0 aliphatic carbocycles. The van der Waals surface area contributed by atoms with Crippen LogP contribution in [-0.2, 0) is 19.1 Å². The fourth-order valence-corrected chi connectivity index (χ4v) is 3.20. The molecule has 0 saturated carbocycles. The lowest BCUT2D eigenvalue weighted by Gasteiger charge is -2.21. The summed E-state index contributed by atoms with van der Waals surface area (Å²) in [6.07, 6.45) is 1.28. The molecule has 0 aromatic heterocycles. The van der Waals surface area contributed by atoms with Gasteiger partial charge in [0.25, 0.3) is 5.91 Å². The molecule has 0 bridgehead atoms. The van der Waals surface area contributed by atoms with Gasteiger partial charge in [-0.05, 0) is 18.6 Å². The number of carbonyl (C=O) groups is 3. The van der Waals surface area contributed by atoms with Gasteiger partial charge in [-0.1, -0.05) is 12.1 Å². The van der Waals surface area contributed by atoms with E-state index in [1.807, 2.05) is 6.07 Å². The van der Waals surface area contributed by atoms with Gasteiger partial charge in [0.15, 0.2) is 0 Å². The molecule has 0 atom stereocenters. The Labute approximate surface area is 151 Å². The average molecular weight is 359 g/mol. The third kappa shape index (κ3) is 3.28. The van der Waals surface area contributed by atoms with Gasteiger partial charge in [0.1, 0.15) is 5.70 Å². The normalized spacial score (nSPS) is 17.3. The van der Waals surface area contributed by atoms with Crippen molar-refractivity contribution in [2.45, 2.75) is 12.8 Å². The number of rotatable bonds is 6. The number of hydrogen-bond donors (Lipinski definition) is 2. The van der Waals surface area contributed by atoms with Crippen molar-refractivity contribution in [2.24, 2.45) is 0 Å². The third-order valence-electron chi connectivity index (χ3n) is 4.48. The van der Waals surface area contributed by atoms with E-state index in [9.17, 15) is 14.4 Å². The third-order valence-corrected chi connectivity index (χ3v) is 4.48. The van der Waals surface area contributed by atoms with E-state index in [4.69, 9.17) is 9.84 Å². The molecule has 26 heavy (non-hydrogen) atoms. The summed E-state index contributed by atoms with van der Waals surface area (Å²) < 4.78 is 4.78. The highest BCUT2D eigenvalue weighted by Crippen LogP contribution is 2.32. The van der Waals surface area contributed by atoms with Crippen molar-refractivity contribution in [1.82, 2.24) is 4.90 Å². The van der Waals surface area contributed by atoms with Crippen LogP contribution >= 0.6 is 0 Å². The maximum Gasteiger partial charge on any atom is 0.337 e. The Morgan fingerprint density at radius 2 is 2.08 bits per heavy atom. The molecule has 2 aliphatic rings. The Kier molecular flexibility index (Phi) is 5.22. The monoisotopic (exact) mass is 359 g/mol. The van der Waals surface area contributed by atoms with Crippen LogP contribution in [-0.4, -0.2) is 61.1 Å². The second-order valence-corrected chi connectivity index (χ2v) is 6.09. The molecule has 0 radical (unpaired) electrons. The van der Waals surface area contributed by atoms with Gasteiger partial charge in [0, 0.05) is 19.5 Å². The number of aliphatic hydroxyl groups is 1. The molecule has 3 rings (SSSR count). The highest BCUT2D eigenvalue weighted by Gasteiger charge is 2.35. The number of carbonyl (C=O) groups excluding carboxylic acids is 3. The van der Waals surface area contributed by atoms with Crippen LogP contribution in [0.15, 0.2) is 35.5 Å². The predicted molar refractivity (Wildman–Crippen MR) is 94.4 cm³/mol. The SMILES string of the molecule is COC(=O)C1=C(Nc2ccccc2N2CCCC2=O)C(=O)N(CCO)C1. The van der Waals surface area contributed by atoms with Gasteiger partial charge in [-0.3, -0.25) is 9.59 Å². The second-order valence-electron chi connectivity index (χ2n) is 6.09. The highest BCUT2D eigenvalue weighted by atomic mass is 16.5. The molecule has 8 heteroatoms. The van der Waals surface area contributed by atoms with Crippen LogP contribution in [0.2, 0.25) is 0 Å². The number of benzene rings is 1. The van der Waals surface area contributed by atoms with Gasteiger partial charge in [-0.15, -0.1) is 0 Å². The van der Waals surface area contributed by atoms with E-state index in [2.05, 4.69) is 5.32 Å². The Morgan fingerprint density at radius 3 is 2.73 bits per heavy atom. The molecule has 2 amide bonds. The van der Waals surface area contributed by atoms with Gasteiger partial charge in [0.05, 0.1) is 37.2 Å². The Hall–Kier alpha value is -2.87. The van der Waals surface area contributed by atoms with Crippen molar-refractivity contribution in [2.75, 3.05) is 43.6 Å². The molecule has 0 spiro atoms. The lowest BCUT2D eigenvalue weighted by molar-refractivity contribution is -0.136. The van der Waals surface area contributed by atoms with E-state index >= 15 is 0 Å². The fraction of sp³-hybridized carbons (Fsp3) is 0.389. The summed E-state index contributed by atoms with van der Waals surface area (Å²) in [5.41, 5.74) is 1.55. The Bertz CT molecular complexity index is 774. The first-order valence-corrected chi connectivity index (χ1v) is 8.44. The number of β-amino-alcohol motifs (C(OH)–C–C–N with tert-alkyl or cyclic N) is 1. The number of hydrogen-bond acceptors (Lipinski definition) is 6. The quantitative estimate of drug-likeness (QED) is 0.717. The van der Waals surface area contributed by atoms with Gasteiger partial charge in [-0.2, -0.15) is 0 Å². The van der Waals surface area contributed by atoms with E-state index < -0.39 is 5.97 Å². The number of para-hydroxylation sites is 2. The number of esters is 1. The Morgan fingerprint density at radius 1 is 1.31 bits per heavy atom. The minimum Gasteiger partial charge on any atom is -0.466 e. The number of aliphatic hydroxyl groups excluding tert-OH is 1. The van der Waals surface area contributed by atoms with Gasteiger partial charge in [0.2, 0.25) is 5.91 Å². The van der Waals surface area contributed by atoms with Gasteiger partial charge in [-0.25, -0.2) is 4.79 Å². The number of methoxy groups -OCH3 is 1. The molecule has 1 aromatic rings. The fourth-order valence-electron chi connectivity index (χ4n) is 3.20. The maximum atomic E-state index is 12.6. The summed E-state index contributed by atoms with van der Waals surface area (Å²) in [5, 5.41) is 12.1. The van der Waals surface area contributed by atoms with E-state index in [1.165, 1.54) is 12.0 Å². The van der Waals surface area contributed by atoms with E-state index in [1.54, 1.807) is 23.1 Å². The number of nitrogens with zero attached hydrogens (tertiary/aromatic N) is 2. The van der Waals surface area contributed by atoms with E-state index in [-0.39, 0.29) is 42.8 Å². The maximum absolute atomic E-state index is 12.6. The molecule has 1 fully saturated rings. The van der Waals surface area contributed by atoms with Crippen LogP contribution in [0.4, 0.5) is 11.4 Å². The van der Waals surface area contributed by atoms with E-state index in [0.717, 1.165) is 6.42 Å². The molecule has 2 heterocycles. The first-order chi connectivity index (χ1) is 12.6.